The van der Waals surface area contributed by atoms with Crippen molar-refractivity contribution in [1.82, 2.24) is 9.88 Å². The Morgan fingerprint density at radius 2 is 2.27 bits per heavy atom. The van der Waals surface area contributed by atoms with Gasteiger partial charge in [-0.3, -0.25) is 9.59 Å². The molecule has 1 unspecified atom stereocenters. The van der Waals surface area contributed by atoms with Crippen LogP contribution in [0, 0.1) is 0 Å². The summed E-state index contributed by atoms with van der Waals surface area (Å²) >= 11 is 0. The Morgan fingerprint density at radius 1 is 1.60 bits per heavy atom. The zero-order chi connectivity index (χ0) is 11.4. The summed E-state index contributed by atoms with van der Waals surface area (Å²) < 4.78 is 0. The summed E-state index contributed by atoms with van der Waals surface area (Å²) in [6.45, 7) is 1.83. The van der Waals surface area contributed by atoms with E-state index in [0.29, 0.717) is 0 Å². The predicted octanol–water partition coefficient (Wildman–Crippen LogP) is -0.172. The molecule has 1 atom stereocenters. The standard InChI is InChI=1S/C10H14N2O3/c1-7(13)6-12(2)10(15)8-4-3-5-9(14)11-8/h3-5,7,13H,6H2,1-2H3,(H,11,14). The lowest BCUT2D eigenvalue weighted by Gasteiger charge is -2.18. The largest absolute Gasteiger partial charge is 0.392 e. The highest BCUT2D eigenvalue weighted by molar-refractivity contribution is 5.92. The Hall–Kier alpha value is -1.62. The molecule has 1 rings (SSSR count). The van der Waals surface area contributed by atoms with Crippen LogP contribution >= 0.6 is 0 Å². The van der Waals surface area contributed by atoms with Crippen molar-refractivity contribution in [1.29, 1.82) is 0 Å². The Kier molecular flexibility index (Phi) is 3.62. The van der Waals surface area contributed by atoms with E-state index in [0.717, 1.165) is 0 Å². The minimum Gasteiger partial charge on any atom is -0.392 e. The molecule has 1 amide bonds. The van der Waals surface area contributed by atoms with E-state index in [1.165, 1.54) is 23.1 Å². The number of aliphatic hydroxyl groups excluding tert-OH is 1. The number of nitrogens with one attached hydrogen (secondary N) is 1. The molecule has 0 aliphatic carbocycles. The van der Waals surface area contributed by atoms with Crippen LogP contribution in [0.25, 0.3) is 0 Å². The molecular weight excluding hydrogens is 196 g/mol. The molecule has 82 valence electrons. The van der Waals surface area contributed by atoms with Crippen LogP contribution in [-0.4, -0.2) is 40.6 Å². The molecule has 0 radical (unpaired) electrons. The highest BCUT2D eigenvalue weighted by Gasteiger charge is 2.13. The van der Waals surface area contributed by atoms with Crippen molar-refractivity contribution in [3.8, 4) is 0 Å². The quantitative estimate of drug-likeness (QED) is 0.727. The zero-order valence-electron chi connectivity index (χ0n) is 8.73. The zero-order valence-corrected chi connectivity index (χ0v) is 8.73. The molecule has 0 bridgehead atoms. The van der Waals surface area contributed by atoms with Gasteiger partial charge in [-0.1, -0.05) is 6.07 Å². The minimum atomic E-state index is -0.589. The van der Waals surface area contributed by atoms with Gasteiger partial charge in [0, 0.05) is 19.7 Å². The van der Waals surface area contributed by atoms with Gasteiger partial charge in [0.25, 0.3) is 5.91 Å². The fraction of sp³-hybridized carbons (Fsp3) is 0.400. The Morgan fingerprint density at radius 3 is 2.80 bits per heavy atom. The normalized spacial score (nSPS) is 12.2. The van der Waals surface area contributed by atoms with Gasteiger partial charge in [0.15, 0.2) is 0 Å². The maximum atomic E-state index is 11.7. The van der Waals surface area contributed by atoms with Crippen molar-refractivity contribution in [3.05, 3.63) is 34.2 Å². The van der Waals surface area contributed by atoms with E-state index in [1.807, 2.05) is 0 Å². The molecule has 0 saturated heterocycles. The summed E-state index contributed by atoms with van der Waals surface area (Å²) in [5.74, 6) is -0.311. The van der Waals surface area contributed by atoms with Gasteiger partial charge in [-0.2, -0.15) is 0 Å². The van der Waals surface area contributed by atoms with Gasteiger partial charge < -0.3 is 15.0 Å². The summed E-state index contributed by atoms with van der Waals surface area (Å²) in [6.07, 6.45) is -0.589. The highest BCUT2D eigenvalue weighted by Crippen LogP contribution is 1.98. The van der Waals surface area contributed by atoms with Crippen molar-refractivity contribution in [2.75, 3.05) is 13.6 Å². The van der Waals surface area contributed by atoms with Crippen molar-refractivity contribution in [2.45, 2.75) is 13.0 Å². The predicted molar refractivity (Wildman–Crippen MR) is 55.7 cm³/mol. The van der Waals surface area contributed by atoms with Crippen molar-refractivity contribution in [3.63, 3.8) is 0 Å². The first-order valence-electron chi connectivity index (χ1n) is 4.63. The first kappa shape index (κ1) is 11.5. The van der Waals surface area contributed by atoms with Crippen LogP contribution in [0.2, 0.25) is 0 Å². The molecule has 0 aliphatic rings. The molecule has 1 aromatic rings. The van der Waals surface area contributed by atoms with Crippen LogP contribution in [0.4, 0.5) is 0 Å². The van der Waals surface area contributed by atoms with Gasteiger partial charge in [0.05, 0.1) is 6.10 Å². The van der Waals surface area contributed by atoms with E-state index < -0.39 is 6.10 Å². The number of aliphatic hydroxyl groups is 1. The van der Waals surface area contributed by atoms with E-state index >= 15 is 0 Å². The second kappa shape index (κ2) is 4.75. The van der Waals surface area contributed by atoms with Crippen LogP contribution in [-0.2, 0) is 0 Å². The number of aromatic amines is 1. The fourth-order valence-corrected chi connectivity index (χ4v) is 1.26. The minimum absolute atomic E-state index is 0.227. The number of likely N-dealkylation sites (N-methyl/N-ethyl adjacent to an activating group) is 1. The number of rotatable bonds is 3. The van der Waals surface area contributed by atoms with Gasteiger partial charge in [0.2, 0.25) is 5.56 Å². The summed E-state index contributed by atoms with van der Waals surface area (Å²) in [6, 6.07) is 4.38. The SMILES string of the molecule is CC(O)CN(C)C(=O)c1cccc(=O)[nH]1. The third kappa shape index (κ3) is 3.21. The molecular formula is C10H14N2O3. The number of hydrogen-bond acceptors (Lipinski definition) is 3. The smallest absolute Gasteiger partial charge is 0.270 e. The lowest BCUT2D eigenvalue weighted by molar-refractivity contribution is 0.0698. The molecule has 1 heterocycles. The lowest BCUT2D eigenvalue weighted by Crippen LogP contribution is -2.34. The Labute approximate surface area is 87.4 Å². The molecule has 5 heteroatoms. The lowest BCUT2D eigenvalue weighted by atomic mass is 10.3. The summed E-state index contributed by atoms with van der Waals surface area (Å²) in [4.78, 5) is 26.4. The Bertz CT molecular complexity index is 398. The monoisotopic (exact) mass is 210 g/mol. The maximum Gasteiger partial charge on any atom is 0.270 e. The fourth-order valence-electron chi connectivity index (χ4n) is 1.26. The average Bonchev–Trinajstić information content (AvgIpc) is 2.15. The third-order valence-corrected chi connectivity index (χ3v) is 1.88. The topological polar surface area (TPSA) is 73.4 Å². The molecule has 0 spiro atoms. The first-order chi connectivity index (χ1) is 7.00. The number of H-pyrrole nitrogens is 1. The molecule has 15 heavy (non-hydrogen) atoms. The van der Waals surface area contributed by atoms with Gasteiger partial charge in [-0.25, -0.2) is 0 Å². The number of amides is 1. The van der Waals surface area contributed by atoms with E-state index in [2.05, 4.69) is 4.98 Å². The van der Waals surface area contributed by atoms with E-state index in [4.69, 9.17) is 5.11 Å². The van der Waals surface area contributed by atoms with E-state index in [9.17, 15) is 9.59 Å². The summed E-state index contributed by atoms with van der Waals surface area (Å²) in [5.41, 5.74) is -0.0862. The number of nitrogens with zero attached hydrogens (tertiary/aromatic N) is 1. The molecule has 2 N–H and O–H groups in total. The molecule has 0 aliphatic heterocycles. The Balaban J connectivity index is 2.80. The van der Waals surface area contributed by atoms with Gasteiger partial charge in [-0.05, 0) is 13.0 Å². The van der Waals surface area contributed by atoms with Crippen molar-refractivity contribution in [2.24, 2.45) is 0 Å². The highest BCUT2D eigenvalue weighted by atomic mass is 16.3. The second-order valence-corrected chi connectivity index (χ2v) is 3.46. The number of carbonyl (C=O) groups excluding carboxylic acids is 1. The number of hydrogen-bond donors (Lipinski definition) is 2. The molecule has 5 nitrogen and oxygen atoms in total. The van der Waals surface area contributed by atoms with Crippen LogP contribution in [0.1, 0.15) is 17.4 Å². The van der Waals surface area contributed by atoms with Gasteiger partial charge >= 0.3 is 0 Å². The van der Waals surface area contributed by atoms with Crippen molar-refractivity contribution >= 4 is 5.91 Å². The van der Waals surface area contributed by atoms with Gasteiger partial charge in [0.1, 0.15) is 5.69 Å². The third-order valence-electron chi connectivity index (χ3n) is 1.88. The average molecular weight is 210 g/mol. The van der Waals surface area contributed by atoms with Crippen LogP contribution in [0.3, 0.4) is 0 Å². The summed E-state index contributed by atoms with van der Waals surface area (Å²) in [7, 11) is 1.57. The maximum absolute atomic E-state index is 11.7. The second-order valence-electron chi connectivity index (χ2n) is 3.46. The molecule has 1 aromatic heterocycles. The van der Waals surface area contributed by atoms with Crippen LogP contribution < -0.4 is 5.56 Å². The van der Waals surface area contributed by atoms with E-state index in [-0.39, 0.29) is 23.7 Å². The number of carbonyl (C=O) groups is 1. The molecule has 0 saturated carbocycles. The summed E-state index contributed by atoms with van der Waals surface area (Å²) in [5, 5.41) is 9.11. The number of pyridine rings is 1. The van der Waals surface area contributed by atoms with Crippen LogP contribution in [0.15, 0.2) is 23.0 Å². The number of aromatic nitrogens is 1. The molecule has 0 fully saturated rings. The van der Waals surface area contributed by atoms with Gasteiger partial charge in [-0.15, -0.1) is 0 Å². The van der Waals surface area contributed by atoms with Crippen molar-refractivity contribution < 1.29 is 9.90 Å². The van der Waals surface area contributed by atoms with E-state index in [1.54, 1.807) is 14.0 Å². The first-order valence-corrected chi connectivity index (χ1v) is 4.63. The van der Waals surface area contributed by atoms with Crippen LogP contribution in [0.5, 0.6) is 0 Å². The molecule has 0 aromatic carbocycles.